The molecule has 1 saturated heterocycles. The Bertz CT molecular complexity index is 838. The summed E-state index contributed by atoms with van der Waals surface area (Å²) >= 11 is 5.75. The van der Waals surface area contributed by atoms with Gasteiger partial charge in [0.2, 0.25) is 5.91 Å². The molecule has 0 bridgehead atoms. The fourth-order valence-corrected chi connectivity index (χ4v) is 2.89. The van der Waals surface area contributed by atoms with Crippen molar-refractivity contribution in [3.8, 4) is 0 Å². The zero-order valence-corrected chi connectivity index (χ0v) is 14.0. The molecule has 24 heavy (non-hydrogen) atoms. The molecule has 1 aliphatic rings. The average Bonchev–Trinajstić information content (AvgIpc) is 2.80. The van der Waals surface area contributed by atoms with E-state index in [-0.39, 0.29) is 28.9 Å². The van der Waals surface area contributed by atoms with Crippen LogP contribution >= 0.6 is 11.6 Å². The van der Waals surface area contributed by atoms with Crippen LogP contribution in [0.15, 0.2) is 36.4 Å². The Balaban J connectivity index is 1.86. The Hall–Kier alpha value is -2.40. The number of halogens is 2. The van der Waals surface area contributed by atoms with Gasteiger partial charge in [0.25, 0.3) is 5.91 Å². The van der Waals surface area contributed by atoms with Gasteiger partial charge in [0.15, 0.2) is 0 Å². The van der Waals surface area contributed by atoms with Gasteiger partial charge >= 0.3 is 0 Å². The lowest BCUT2D eigenvalue weighted by Gasteiger charge is -2.17. The topological polar surface area (TPSA) is 49.4 Å². The van der Waals surface area contributed by atoms with Crippen LogP contribution in [0.2, 0.25) is 5.02 Å². The summed E-state index contributed by atoms with van der Waals surface area (Å²) in [5, 5.41) is 3.01. The fraction of sp³-hybridized carbons (Fsp3) is 0.222. The fourth-order valence-electron chi connectivity index (χ4n) is 2.72. The van der Waals surface area contributed by atoms with E-state index in [1.54, 1.807) is 0 Å². The first-order chi connectivity index (χ1) is 11.4. The maximum Gasteiger partial charge on any atom is 0.256 e. The molecule has 0 aromatic heterocycles. The number of nitrogens with zero attached hydrogens (tertiary/aromatic N) is 1. The third-order valence-electron chi connectivity index (χ3n) is 4.03. The Morgan fingerprint density at radius 2 is 1.92 bits per heavy atom. The number of hydrogen-bond acceptors (Lipinski definition) is 3. The summed E-state index contributed by atoms with van der Waals surface area (Å²) in [5.41, 5.74) is 3.15. The van der Waals surface area contributed by atoms with Gasteiger partial charge in [-0.3, -0.25) is 9.59 Å². The smallest absolute Gasteiger partial charge is 0.256 e. The minimum Gasteiger partial charge on any atom is -0.373 e. The first-order valence-corrected chi connectivity index (χ1v) is 7.90. The molecule has 3 rings (SSSR count). The quantitative estimate of drug-likeness (QED) is 0.859. The predicted octanol–water partition coefficient (Wildman–Crippen LogP) is 3.84. The third kappa shape index (κ3) is 2.99. The zero-order valence-electron chi connectivity index (χ0n) is 13.3. The van der Waals surface area contributed by atoms with Crippen LogP contribution in [0.4, 0.5) is 15.8 Å². The number of benzene rings is 2. The van der Waals surface area contributed by atoms with Crippen molar-refractivity contribution >= 4 is 34.8 Å². The highest BCUT2D eigenvalue weighted by atomic mass is 35.5. The van der Waals surface area contributed by atoms with Crippen LogP contribution in [0.1, 0.15) is 17.5 Å². The highest BCUT2D eigenvalue weighted by Gasteiger charge is 2.39. The number of aryl methyl sites for hydroxylation is 2. The molecule has 2 amide bonds. The van der Waals surface area contributed by atoms with Gasteiger partial charge in [-0.1, -0.05) is 23.7 Å². The van der Waals surface area contributed by atoms with Gasteiger partial charge in [-0.2, -0.15) is 0 Å². The lowest BCUT2D eigenvalue weighted by molar-refractivity contribution is -0.121. The number of carbonyl (C=O) groups excluding carboxylic acids is 2. The molecule has 0 spiro atoms. The minimum absolute atomic E-state index is 0.0429. The maximum atomic E-state index is 13.3. The number of hydrogen-bond donors (Lipinski definition) is 1. The Morgan fingerprint density at radius 3 is 2.62 bits per heavy atom. The minimum atomic E-state index is -0.651. The van der Waals surface area contributed by atoms with Crippen molar-refractivity contribution in [2.24, 2.45) is 0 Å². The zero-order chi connectivity index (χ0) is 17.4. The number of anilines is 2. The van der Waals surface area contributed by atoms with Gasteiger partial charge in [-0.15, -0.1) is 0 Å². The van der Waals surface area contributed by atoms with Crippen LogP contribution < -0.4 is 10.2 Å². The standard InChI is InChI=1S/C18H16ClFN2O2/c1-10-3-4-11(2)15(7-10)21-16-9-17(23)22(18(16)24)12-5-6-14(20)13(19)8-12/h3-8,16,21H,9H2,1-2H3/t16-/m1/s1. The molecule has 0 aliphatic carbocycles. The van der Waals surface area contributed by atoms with E-state index in [0.717, 1.165) is 27.8 Å². The van der Waals surface area contributed by atoms with Crippen LogP contribution in [0.25, 0.3) is 0 Å². The molecule has 1 heterocycles. The molecule has 0 radical (unpaired) electrons. The highest BCUT2D eigenvalue weighted by Crippen LogP contribution is 2.29. The third-order valence-corrected chi connectivity index (χ3v) is 4.32. The molecular weight excluding hydrogens is 331 g/mol. The van der Waals surface area contributed by atoms with Crippen LogP contribution in [-0.2, 0) is 9.59 Å². The van der Waals surface area contributed by atoms with Crippen molar-refractivity contribution < 1.29 is 14.0 Å². The van der Waals surface area contributed by atoms with Crippen LogP contribution in [-0.4, -0.2) is 17.9 Å². The summed E-state index contributed by atoms with van der Waals surface area (Å²) in [4.78, 5) is 25.9. The second-order valence-corrected chi connectivity index (χ2v) is 6.29. The Kier molecular flexibility index (Phi) is 4.28. The second kappa shape index (κ2) is 6.24. The average molecular weight is 347 g/mol. The van der Waals surface area contributed by atoms with Gasteiger partial charge < -0.3 is 5.32 Å². The van der Waals surface area contributed by atoms with E-state index in [4.69, 9.17) is 11.6 Å². The molecule has 6 heteroatoms. The van der Waals surface area contributed by atoms with E-state index in [0.29, 0.717) is 0 Å². The Labute approximate surface area is 144 Å². The van der Waals surface area contributed by atoms with Crippen LogP contribution in [0, 0.1) is 19.7 Å². The van der Waals surface area contributed by atoms with Gasteiger partial charge in [0.1, 0.15) is 11.9 Å². The molecule has 124 valence electrons. The summed E-state index contributed by atoms with van der Waals surface area (Å²) in [6.07, 6.45) is 0.0429. The first-order valence-electron chi connectivity index (χ1n) is 7.52. The molecule has 1 aliphatic heterocycles. The van der Waals surface area contributed by atoms with Gasteiger partial charge in [0, 0.05) is 5.69 Å². The summed E-state index contributed by atoms with van der Waals surface area (Å²) in [6.45, 7) is 3.89. The largest absolute Gasteiger partial charge is 0.373 e. The normalized spacial score (nSPS) is 17.5. The monoisotopic (exact) mass is 346 g/mol. The number of amides is 2. The van der Waals surface area contributed by atoms with Crippen LogP contribution in [0.3, 0.4) is 0 Å². The first kappa shape index (κ1) is 16.5. The Morgan fingerprint density at radius 1 is 1.17 bits per heavy atom. The van der Waals surface area contributed by atoms with Crippen molar-refractivity contribution in [3.05, 3.63) is 58.4 Å². The maximum absolute atomic E-state index is 13.3. The lowest BCUT2D eigenvalue weighted by atomic mass is 10.1. The second-order valence-electron chi connectivity index (χ2n) is 5.89. The van der Waals surface area contributed by atoms with Gasteiger partial charge in [-0.25, -0.2) is 9.29 Å². The van der Waals surface area contributed by atoms with Gasteiger partial charge in [-0.05, 0) is 49.2 Å². The molecule has 0 saturated carbocycles. The van der Waals surface area contributed by atoms with E-state index >= 15 is 0 Å². The summed E-state index contributed by atoms with van der Waals surface area (Å²) in [6, 6.07) is 9.02. The molecule has 2 aromatic rings. The predicted molar refractivity (Wildman–Crippen MR) is 91.8 cm³/mol. The lowest BCUT2D eigenvalue weighted by Crippen LogP contribution is -2.35. The van der Waals surface area contributed by atoms with Crippen molar-refractivity contribution in [1.82, 2.24) is 0 Å². The summed E-state index contributed by atoms with van der Waals surface area (Å²) in [5.74, 6) is -1.31. The molecule has 0 unspecified atom stereocenters. The molecule has 2 aromatic carbocycles. The summed E-state index contributed by atoms with van der Waals surface area (Å²) < 4.78 is 13.3. The van der Waals surface area contributed by atoms with Crippen molar-refractivity contribution in [3.63, 3.8) is 0 Å². The van der Waals surface area contributed by atoms with E-state index in [2.05, 4.69) is 5.32 Å². The number of carbonyl (C=O) groups is 2. The van der Waals surface area contributed by atoms with Crippen molar-refractivity contribution in [2.75, 3.05) is 10.2 Å². The molecule has 4 nitrogen and oxygen atoms in total. The molecule has 1 fully saturated rings. The number of nitrogens with one attached hydrogen (secondary N) is 1. The molecule has 1 atom stereocenters. The van der Waals surface area contributed by atoms with E-state index in [1.165, 1.54) is 12.1 Å². The van der Waals surface area contributed by atoms with Crippen molar-refractivity contribution in [2.45, 2.75) is 26.3 Å². The highest BCUT2D eigenvalue weighted by molar-refractivity contribution is 6.31. The summed E-state index contributed by atoms with van der Waals surface area (Å²) in [7, 11) is 0. The SMILES string of the molecule is Cc1ccc(C)c(N[C@@H]2CC(=O)N(c3ccc(F)c(Cl)c3)C2=O)c1. The molecule has 1 N–H and O–H groups in total. The number of imide groups is 1. The van der Waals surface area contributed by atoms with Gasteiger partial charge in [0.05, 0.1) is 17.1 Å². The van der Waals surface area contributed by atoms with E-state index in [9.17, 15) is 14.0 Å². The molecular formula is C18H16ClFN2O2. The van der Waals surface area contributed by atoms with Crippen LogP contribution in [0.5, 0.6) is 0 Å². The van der Waals surface area contributed by atoms with E-state index in [1.807, 2.05) is 32.0 Å². The number of rotatable bonds is 3. The van der Waals surface area contributed by atoms with Crippen molar-refractivity contribution in [1.29, 1.82) is 0 Å². The van der Waals surface area contributed by atoms with E-state index < -0.39 is 11.9 Å².